The zero-order valence-electron chi connectivity index (χ0n) is 9.04. The molecule has 0 heterocycles. The summed E-state index contributed by atoms with van der Waals surface area (Å²) in [4.78, 5) is 10.00. The Morgan fingerprint density at radius 3 is 2.35 bits per heavy atom. The van der Waals surface area contributed by atoms with E-state index in [0.717, 1.165) is 18.2 Å². The average molecular weight is 248 g/mol. The largest absolute Gasteiger partial charge is 0.573 e. The second-order valence-electron chi connectivity index (χ2n) is 3.48. The molecule has 1 aromatic rings. The van der Waals surface area contributed by atoms with Crippen molar-refractivity contribution in [1.82, 2.24) is 0 Å². The number of ether oxygens (including phenoxy) is 1. The SMILES string of the molecule is C[C](C)c1cc(OC(F)(F)F)ccc1[N+](=O)[O-]. The fraction of sp³-hybridized carbons (Fsp3) is 0.300. The van der Waals surface area contributed by atoms with Crippen molar-refractivity contribution in [2.45, 2.75) is 20.2 Å². The summed E-state index contributed by atoms with van der Waals surface area (Å²) in [5, 5.41) is 10.7. The molecule has 0 aromatic heterocycles. The fourth-order valence-corrected chi connectivity index (χ4v) is 1.27. The highest BCUT2D eigenvalue weighted by Gasteiger charge is 2.32. The Bertz CT molecular complexity index is 429. The van der Waals surface area contributed by atoms with Crippen LogP contribution in [0.5, 0.6) is 5.75 Å². The number of benzene rings is 1. The smallest absolute Gasteiger partial charge is 0.406 e. The lowest BCUT2D eigenvalue weighted by molar-refractivity contribution is -0.385. The van der Waals surface area contributed by atoms with Crippen LogP contribution in [0.3, 0.4) is 0 Å². The van der Waals surface area contributed by atoms with E-state index in [1.165, 1.54) is 0 Å². The lowest BCUT2D eigenvalue weighted by atomic mass is 10.0. The third kappa shape index (κ3) is 3.61. The van der Waals surface area contributed by atoms with Gasteiger partial charge >= 0.3 is 6.36 Å². The first-order valence-electron chi connectivity index (χ1n) is 4.55. The molecular weight excluding hydrogens is 239 g/mol. The van der Waals surface area contributed by atoms with E-state index in [-0.39, 0.29) is 11.3 Å². The normalized spacial score (nSPS) is 11.6. The lowest BCUT2D eigenvalue weighted by Gasteiger charge is -2.11. The van der Waals surface area contributed by atoms with Crippen molar-refractivity contribution in [2.24, 2.45) is 0 Å². The minimum Gasteiger partial charge on any atom is -0.406 e. The maximum atomic E-state index is 12.0. The summed E-state index contributed by atoms with van der Waals surface area (Å²) in [6.45, 7) is 3.14. The lowest BCUT2D eigenvalue weighted by Crippen LogP contribution is -2.17. The Labute approximate surface area is 95.2 Å². The Hall–Kier alpha value is -1.79. The Kier molecular flexibility index (Phi) is 3.59. The number of hydrogen-bond acceptors (Lipinski definition) is 3. The summed E-state index contributed by atoms with van der Waals surface area (Å²) < 4.78 is 39.6. The van der Waals surface area contributed by atoms with E-state index in [9.17, 15) is 23.3 Å². The van der Waals surface area contributed by atoms with E-state index in [0.29, 0.717) is 5.92 Å². The summed E-state index contributed by atoms with van der Waals surface area (Å²) in [5.74, 6) is 0.0589. The van der Waals surface area contributed by atoms with Crippen LogP contribution in [0.25, 0.3) is 0 Å². The van der Waals surface area contributed by atoms with Crippen molar-refractivity contribution in [3.05, 3.63) is 39.8 Å². The summed E-state index contributed by atoms with van der Waals surface area (Å²) in [7, 11) is 0. The molecule has 1 radical (unpaired) electrons. The summed E-state index contributed by atoms with van der Waals surface area (Å²) in [6.07, 6.45) is -4.81. The quantitative estimate of drug-likeness (QED) is 0.608. The average Bonchev–Trinajstić information content (AvgIpc) is 2.14. The number of nitro benzene ring substituents is 1. The molecule has 0 amide bonds. The first-order valence-corrected chi connectivity index (χ1v) is 4.55. The van der Waals surface area contributed by atoms with Gasteiger partial charge in [0.15, 0.2) is 0 Å². The molecule has 0 spiro atoms. The topological polar surface area (TPSA) is 52.4 Å². The molecule has 7 heteroatoms. The van der Waals surface area contributed by atoms with E-state index < -0.39 is 17.0 Å². The molecule has 0 N–H and O–H groups in total. The Balaban J connectivity index is 3.15. The standard InChI is InChI=1S/C10H9F3NO3/c1-6(2)8-5-7(17-10(11,12)13)3-4-9(8)14(15)16/h3-5H,1-2H3. The molecule has 0 aliphatic heterocycles. The van der Waals surface area contributed by atoms with Crippen LogP contribution in [0.1, 0.15) is 19.4 Å². The van der Waals surface area contributed by atoms with Crippen molar-refractivity contribution in [3.63, 3.8) is 0 Å². The van der Waals surface area contributed by atoms with Gasteiger partial charge in [0.05, 0.1) is 4.92 Å². The molecule has 17 heavy (non-hydrogen) atoms. The molecule has 0 saturated carbocycles. The summed E-state index contributed by atoms with van der Waals surface area (Å²) in [6, 6.07) is 2.91. The highest BCUT2D eigenvalue weighted by atomic mass is 19.4. The molecule has 0 fully saturated rings. The van der Waals surface area contributed by atoms with Crippen molar-refractivity contribution < 1.29 is 22.8 Å². The number of rotatable bonds is 3. The van der Waals surface area contributed by atoms with Gasteiger partial charge in [-0.25, -0.2) is 0 Å². The van der Waals surface area contributed by atoms with Gasteiger partial charge < -0.3 is 4.74 Å². The molecule has 0 aliphatic carbocycles. The Morgan fingerprint density at radius 1 is 1.35 bits per heavy atom. The second-order valence-corrected chi connectivity index (χ2v) is 3.48. The molecule has 0 saturated heterocycles. The maximum Gasteiger partial charge on any atom is 0.573 e. The van der Waals surface area contributed by atoms with E-state index in [1.54, 1.807) is 13.8 Å². The molecular formula is C10H9F3NO3. The van der Waals surface area contributed by atoms with Gasteiger partial charge in [-0.15, -0.1) is 13.2 Å². The van der Waals surface area contributed by atoms with Crippen molar-refractivity contribution in [2.75, 3.05) is 0 Å². The minimum atomic E-state index is -4.81. The predicted molar refractivity (Wildman–Crippen MR) is 53.5 cm³/mol. The number of halogens is 3. The number of alkyl halides is 3. The summed E-state index contributed by atoms with van der Waals surface area (Å²) in [5.41, 5.74) is -0.128. The van der Waals surface area contributed by atoms with E-state index >= 15 is 0 Å². The van der Waals surface area contributed by atoms with Gasteiger partial charge in [-0.05, 0) is 12.1 Å². The van der Waals surface area contributed by atoms with Crippen LogP contribution < -0.4 is 4.74 Å². The zero-order chi connectivity index (χ0) is 13.2. The molecule has 1 aromatic carbocycles. The molecule has 0 unspecified atom stereocenters. The number of nitrogens with zero attached hydrogens (tertiary/aromatic N) is 1. The number of hydrogen-bond donors (Lipinski definition) is 0. The van der Waals surface area contributed by atoms with E-state index in [2.05, 4.69) is 4.74 Å². The van der Waals surface area contributed by atoms with Crippen LogP contribution in [-0.4, -0.2) is 11.3 Å². The predicted octanol–water partition coefficient (Wildman–Crippen LogP) is 3.46. The van der Waals surface area contributed by atoms with Crippen LogP contribution in [-0.2, 0) is 0 Å². The van der Waals surface area contributed by atoms with Crippen LogP contribution >= 0.6 is 0 Å². The molecule has 4 nitrogen and oxygen atoms in total. The van der Waals surface area contributed by atoms with Gasteiger partial charge in [0.25, 0.3) is 5.69 Å². The fourth-order valence-electron chi connectivity index (χ4n) is 1.27. The summed E-state index contributed by atoms with van der Waals surface area (Å²) >= 11 is 0. The zero-order valence-corrected chi connectivity index (χ0v) is 9.04. The molecule has 0 atom stereocenters. The highest BCUT2D eigenvalue weighted by molar-refractivity contribution is 5.51. The van der Waals surface area contributed by atoms with Crippen LogP contribution in [0.2, 0.25) is 0 Å². The van der Waals surface area contributed by atoms with Crippen LogP contribution in [0, 0.1) is 16.0 Å². The molecule has 0 aliphatic rings. The maximum absolute atomic E-state index is 12.0. The van der Waals surface area contributed by atoms with Gasteiger partial charge in [-0.1, -0.05) is 13.8 Å². The van der Waals surface area contributed by atoms with Gasteiger partial charge in [-0.3, -0.25) is 10.1 Å². The van der Waals surface area contributed by atoms with E-state index in [1.807, 2.05) is 0 Å². The third-order valence-electron chi connectivity index (χ3n) is 1.94. The van der Waals surface area contributed by atoms with Gasteiger partial charge in [-0.2, -0.15) is 0 Å². The minimum absolute atomic E-state index is 0.122. The number of nitro groups is 1. The second kappa shape index (κ2) is 4.60. The molecule has 93 valence electrons. The molecule has 1 rings (SSSR count). The van der Waals surface area contributed by atoms with Gasteiger partial charge in [0, 0.05) is 17.5 Å². The first kappa shape index (κ1) is 13.3. The first-order chi connectivity index (χ1) is 7.70. The van der Waals surface area contributed by atoms with Crippen LogP contribution in [0.15, 0.2) is 18.2 Å². The Morgan fingerprint density at radius 2 is 1.94 bits per heavy atom. The molecule has 0 bridgehead atoms. The van der Waals surface area contributed by atoms with Gasteiger partial charge in [0.2, 0.25) is 0 Å². The van der Waals surface area contributed by atoms with Crippen molar-refractivity contribution in [1.29, 1.82) is 0 Å². The highest BCUT2D eigenvalue weighted by Crippen LogP contribution is 2.31. The third-order valence-corrected chi connectivity index (χ3v) is 1.94. The van der Waals surface area contributed by atoms with Crippen molar-refractivity contribution >= 4 is 5.69 Å². The van der Waals surface area contributed by atoms with Crippen molar-refractivity contribution in [3.8, 4) is 5.75 Å². The van der Waals surface area contributed by atoms with Crippen LogP contribution in [0.4, 0.5) is 18.9 Å². The van der Waals surface area contributed by atoms with Gasteiger partial charge in [0.1, 0.15) is 5.75 Å². The van der Waals surface area contributed by atoms with E-state index in [4.69, 9.17) is 0 Å². The monoisotopic (exact) mass is 248 g/mol.